The molecule has 0 aliphatic heterocycles. The van der Waals surface area contributed by atoms with Crippen LogP contribution in [0.25, 0.3) is 0 Å². The third-order valence-electron chi connectivity index (χ3n) is 3.78. The average molecular weight is 286 g/mol. The molecule has 112 valence electrons. The molecule has 0 saturated carbocycles. The topological polar surface area (TPSA) is 29.3 Å². The Labute approximate surface area is 126 Å². The summed E-state index contributed by atoms with van der Waals surface area (Å²) in [5.41, 5.74) is 7.61. The third-order valence-corrected chi connectivity index (χ3v) is 3.78. The molecule has 2 aromatic carbocycles. The van der Waals surface area contributed by atoms with E-state index in [1.54, 1.807) is 6.07 Å². The molecule has 2 nitrogen and oxygen atoms in total. The minimum Gasteiger partial charge on any atom is -0.330 e. The molecule has 1 atom stereocenters. The molecule has 0 saturated heterocycles. The molecule has 0 aliphatic rings. The van der Waals surface area contributed by atoms with Gasteiger partial charge in [0.15, 0.2) is 0 Å². The van der Waals surface area contributed by atoms with Crippen molar-refractivity contribution in [3.63, 3.8) is 0 Å². The summed E-state index contributed by atoms with van der Waals surface area (Å²) in [7, 11) is 0. The summed E-state index contributed by atoms with van der Waals surface area (Å²) in [6, 6.07) is 17.3. The van der Waals surface area contributed by atoms with Gasteiger partial charge in [-0.05, 0) is 31.5 Å². The lowest BCUT2D eigenvalue weighted by Gasteiger charge is -2.29. The number of halogens is 1. The molecule has 0 aromatic heterocycles. The molecule has 3 heteroatoms. The van der Waals surface area contributed by atoms with Crippen molar-refractivity contribution in [1.29, 1.82) is 0 Å². The van der Waals surface area contributed by atoms with Gasteiger partial charge < -0.3 is 5.73 Å². The van der Waals surface area contributed by atoms with Crippen LogP contribution >= 0.6 is 0 Å². The number of hydrogen-bond donors (Lipinski definition) is 1. The summed E-state index contributed by atoms with van der Waals surface area (Å²) in [5.74, 6) is -0.143. The van der Waals surface area contributed by atoms with E-state index < -0.39 is 0 Å². The van der Waals surface area contributed by atoms with Crippen LogP contribution < -0.4 is 5.73 Å². The van der Waals surface area contributed by atoms with Crippen molar-refractivity contribution in [2.75, 3.05) is 13.1 Å². The van der Waals surface area contributed by atoms with Crippen LogP contribution in [-0.2, 0) is 6.54 Å². The second-order valence-corrected chi connectivity index (χ2v) is 5.30. The number of nitrogens with two attached hydrogens (primary N) is 1. The Bertz CT molecular complexity index is 542. The van der Waals surface area contributed by atoms with Gasteiger partial charge >= 0.3 is 0 Å². The summed E-state index contributed by atoms with van der Waals surface area (Å²) < 4.78 is 14.0. The number of benzene rings is 2. The number of hydrogen-bond acceptors (Lipinski definition) is 2. The van der Waals surface area contributed by atoms with Crippen molar-refractivity contribution < 1.29 is 4.39 Å². The Morgan fingerprint density at radius 3 is 2.38 bits per heavy atom. The maximum Gasteiger partial charge on any atom is 0.127 e. The molecule has 0 bridgehead atoms. The molecule has 2 rings (SSSR count). The van der Waals surface area contributed by atoms with Crippen LogP contribution in [0.15, 0.2) is 54.6 Å². The van der Waals surface area contributed by atoms with Crippen LogP contribution in [0.4, 0.5) is 4.39 Å². The molecule has 1 unspecified atom stereocenters. The molecule has 0 amide bonds. The first-order valence-corrected chi connectivity index (χ1v) is 7.45. The van der Waals surface area contributed by atoms with Crippen molar-refractivity contribution in [1.82, 2.24) is 4.90 Å². The third kappa shape index (κ3) is 4.38. The molecule has 0 heterocycles. The van der Waals surface area contributed by atoms with E-state index in [0.717, 1.165) is 25.1 Å². The predicted octanol–water partition coefficient (Wildman–Crippen LogP) is 3.74. The van der Waals surface area contributed by atoms with Crippen molar-refractivity contribution in [3.8, 4) is 0 Å². The molecule has 2 N–H and O–H groups in total. The highest BCUT2D eigenvalue weighted by Gasteiger charge is 2.18. The SMILES string of the molecule is CC(c1ccccc1F)N(CCCN)Cc1ccccc1. The molecule has 0 spiro atoms. The van der Waals surface area contributed by atoms with Crippen LogP contribution in [0, 0.1) is 5.82 Å². The molecule has 0 fully saturated rings. The van der Waals surface area contributed by atoms with E-state index in [1.807, 2.05) is 30.3 Å². The second kappa shape index (κ2) is 7.91. The van der Waals surface area contributed by atoms with E-state index in [0.29, 0.717) is 6.54 Å². The van der Waals surface area contributed by atoms with Crippen molar-refractivity contribution in [2.24, 2.45) is 5.73 Å². The lowest BCUT2D eigenvalue weighted by molar-refractivity contribution is 0.196. The van der Waals surface area contributed by atoms with Gasteiger partial charge in [-0.3, -0.25) is 4.90 Å². The molecule has 21 heavy (non-hydrogen) atoms. The minimum atomic E-state index is -0.143. The standard InChI is InChI=1S/C18H23FN2/c1-15(17-10-5-6-11-18(17)19)21(13-7-12-20)14-16-8-3-2-4-9-16/h2-6,8-11,15H,7,12-14,20H2,1H3. The van der Waals surface area contributed by atoms with E-state index in [-0.39, 0.29) is 11.9 Å². The van der Waals surface area contributed by atoms with Crippen LogP contribution in [0.3, 0.4) is 0 Å². The first-order chi connectivity index (χ1) is 10.2. The lowest BCUT2D eigenvalue weighted by Crippen LogP contribution is -2.29. The number of nitrogens with zero attached hydrogens (tertiary/aromatic N) is 1. The fourth-order valence-corrected chi connectivity index (χ4v) is 2.53. The van der Waals surface area contributed by atoms with Crippen molar-refractivity contribution >= 4 is 0 Å². The van der Waals surface area contributed by atoms with Crippen molar-refractivity contribution in [3.05, 3.63) is 71.5 Å². The highest BCUT2D eigenvalue weighted by Crippen LogP contribution is 2.24. The first kappa shape index (κ1) is 15.7. The second-order valence-electron chi connectivity index (χ2n) is 5.30. The summed E-state index contributed by atoms with van der Waals surface area (Å²) in [5, 5.41) is 0. The summed E-state index contributed by atoms with van der Waals surface area (Å²) >= 11 is 0. The Hall–Kier alpha value is -1.71. The normalized spacial score (nSPS) is 12.6. The Kier molecular flexibility index (Phi) is 5.90. The van der Waals surface area contributed by atoms with Gasteiger partial charge in [0.1, 0.15) is 5.82 Å². The van der Waals surface area contributed by atoms with E-state index >= 15 is 0 Å². The van der Waals surface area contributed by atoms with Gasteiger partial charge in [0.25, 0.3) is 0 Å². The van der Waals surface area contributed by atoms with Gasteiger partial charge in [0, 0.05) is 24.7 Å². The fraction of sp³-hybridized carbons (Fsp3) is 0.333. The van der Waals surface area contributed by atoms with Gasteiger partial charge in [-0.2, -0.15) is 0 Å². The lowest BCUT2D eigenvalue weighted by atomic mass is 10.0. The smallest absolute Gasteiger partial charge is 0.127 e. The maximum atomic E-state index is 14.0. The highest BCUT2D eigenvalue weighted by atomic mass is 19.1. The average Bonchev–Trinajstić information content (AvgIpc) is 2.52. The molecular formula is C18H23FN2. The Morgan fingerprint density at radius 1 is 1.05 bits per heavy atom. The van der Waals surface area contributed by atoms with Gasteiger partial charge in [0.05, 0.1) is 0 Å². The minimum absolute atomic E-state index is 0.0259. The van der Waals surface area contributed by atoms with E-state index in [9.17, 15) is 4.39 Å². The molecular weight excluding hydrogens is 263 g/mol. The van der Waals surface area contributed by atoms with E-state index in [1.165, 1.54) is 11.6 Å². The fourth-order valence-electron chi connectivity index (χ4n) is 2.53. The van der Waals surface area contributed by atoms with E-state index in [2.05, 4.69) is 24.0 Å². The summed E-state index contributed by atoms with van der Waals surface area (Å²) in [6.07, 6.45) is 0.908. The molecule has 0 aliphatic carbocycles. The quantitative estimate of drug-likeness (QED) is 0.840. The first-order valence-electron chi connectivity index (χ1n) is 7.45. The molecule has 2 aromatic rings. The van der Waals surface area contributed by atoms with Crippen LogP contribution in [0.1, 0.15) is 30.5 Å². The molecule has 0 radical (unpaired) electrons. The predicted molar refractivity (Wildman–Crippen MR) is 85.3 cm³/mol. The van der Waals surface area contributed by atoms with Gasteiger partial charge in [0.2, 0.25) is 0 Å². The largest absolute Gasteiger partial charge is 0.330 e. The van der Waals surface area contributed by atoms with Crippen LogP contribution in [0.2, 0.25) is 0 Å². The zero-order chi connectivity index (χ0) is 15.1. The van der Waals surface area contributed by atoms with Crippen LogP contribution in [0.5, 0.6) is 0 Å². The maximum absolute atomic E-state index is 14.0. The van der Waals surface area contributed by atoms with Gasteiger partial charge in [-0.15, -0.1) is 0 Å². The zero-order valence-corrected chi connectivity index (χ0v) is 12.5. The van der Waals surface area contributed by atoms with Crippen LogP contribution in [-0.4, -0.2) is 18.0 Å². The van der Waals surface area contributed by atoms with Gasteiger partial charge in [-0.25, -0.2) is 4.39 Å². The zero-order valence-electron chi connectivity index (χ0n) is 12.5. The highest BCUT2D eigenvalue weighted by molar-refractivity contribution is 5.21. The summed E-state index contributed by atoms with van der Waals surface area (Å²) in [6.45, 7) is 4.37. The number of rotatable bonds is 7. The Morgan fingerprint density at radius 2 is 1.71 bits per heavy atom. The van der Waals surface area contributed by atoms with Crippen molar-refractivity contribution in [2.45, 2.75) is 25.9 Å². The van der Waals surface area contributed by atoms with Gasteiger partial charge in [-0.1, -0.05) is 48.5 Å². The Balaban J connectivity index is 2.17. The summed E-state index contributed by atoms with van der Waals surface area (Å²) in [4.78, 5) is 2.28. The van der Waals surface area contributed by atoms with E-state index in [4.69, 9.17) is 5.73 Å². The monoisotopic (exact) mass is 286 g/mol.